The van der Waals surface area contributed by atoms with Crippen LogP contribution in [0, 0.1) is 5.82 Å². The quantitative estimate of drug-likeness (QED) is 0.777. The minimum absolute atomic E-state index is 0.113. The van der Waals surface area contributed by atoms with Gasteiger partial charge >= 0.3 is 0 Å². The van der Waals surface area contributed by atoms with E-state index in [1.807, 2.05) is 31.2 Å². The number of benzene rings is 2. The van der Waals surface area contributed by atoms with Crippen LogP contribution in [0.15, 0.2) is 48.5 Å². The molecular formula is C19H22FNO3. The van der Waals surface area contributed by atoms with Crippen molar-refractivity contribution in [1.82, 2.24) is 4.90 Å². The van der Waals surface area contributed by atoms with E-state index in [1.165, 1.54) is 24.3 Å². The third-order valence-electron chi connectivity index (χ3n) is 3.69. The van der Waals surface area contributed by atoms with Crippen molar-refractivity contribution in [1.29, 1.82) is 0 Å². The monoisotopic (exact) mass is 331 g/mol. The first-order valence-electron chi connectivity index (χ1n) is 7.83. The number of rotatable bonds is 7. The average molecular weight is 331 g/mol. The second kappa shape index (κ2) is 8.34. The fourth-order valence-electron chi connectivity index (χ4n) is 2.31. The van der Waals surface area contributed by atoms with Crippen molar-refractivity contribution >= 4 is 5.91 Å². The fraction of sp³-hybridized carbons (Fsp3) is 0.316. The first-order valence-corrected chi connectivity index (χ1v) is 7.83. The summed E-state index contributed by atoms with van der Waals surface area (Å²) in [6.45, 7) is 2.36. The van der Waals surface area contributed by atoms with Crippen molar-refractivity contribution in [3.8, 4) is 11.5 Å². The third-order valence-corrected chi connectivity index (χ3v) is 3.69. The van der Waals surface area contributed by atoms with Crippen LogP contribution in [0.25, 0.3) is 0 Å². The van der Waals surface area contributed by atoms with E-state index in [2.05, 4.69) is 0 Å². The van der Waals surface area contributed by atoms with Crippen LogP contribution in [0.5, 0.6) is 11.5 Å². The Labute approximate surface area is 141 Å². The predicted molar refractivity (Wildman–Crippen MR) is 90.6 cm³/mol. The summed E-state index contributed by atoms with van der Waals surface area (Å²) in [5, 5.41) is 0. The summed E-state index contributed by atoms with van der Waals surface area (Å²) in [6, 6.07) is 13.2. The molecule has 0 N–H and O–H groups in total. The molecule has 2 aromatic carbocycles. The van der Waals surface area contributed by atoms with Gasteiger partial charge in [0.2, 0.25) is 0 Å². The Kier molecular flexibility index (Phi) is 6.18. The Morgan fingerprint density at radius 2 is 1.67 bits per heavy atom. The molecule has 0 unspecified atom stereocenters. The summed E-state index contributed by atoms with van der Waals surface area (Å²) in [5.74, 6) is 0.809. The van der Waals surface area contributed by atoms with Gasteiger partial charge in [-0.2, -0.15) is 0 Å². The van der Waals surface area contributed by atoms with Crippen molar-refractivity contribution in [2.45, 2.75) is 26.0 Å². The number of carbonyl (C=O) groups is 1. The zero-order valence-electron chi connectivity index (χ0n) is 14.2. The highest BCUT2D eigenvalue weighted by Gasteiger charge is 2.22. The SMILES string of the molecule is CC[C@H](Oc1ccc(F)cc1)C(=O)N(C)Cc1ccc(OC)cc1. The van der Waals surface area contributed by atoms with Gasteiger partial charge in [-0.3, -0.25) is 4.79 Å². The summed E-state index contributed by atoms with van der Waals surface area (Å²) in [6.07, 6.45) is -0.0675. The van der Waals surface area contributed by atoms with E-state index in [0.717, 1.165) is 11.3 Å². The maximum absolute atomic E-state index is 12.9. The molecule has 128 valence electrons. The summed E-state index contributed by atoms with van der Waals surface area (Å²) < 4.78 is 23.8. The van der Waals surface area contributed by atoms with Gasteiger partial charge in [0.25, 0.3) is 5.91 Å². The number of ether oxygens (including phenoxy) is 2. The molecule has 2 aromatic rings. The Hall–Kier alpha value is -2.56. The number of amides is 1. The molecule has 0 saturated carbocycles. The highest BCUT2D eigenvalue weighted by Crippen LogP contribution is 2.17. The van der Waals surface area contributed by atoms with Gasteiger partial charge in [-0.25, -0.2) is 4.39 Å². The summed E-state index contributed by atoms with van der Waals surface area (Å²) >= 11 is 0. The smallest absolute Gasteiger partial charge is 0.263 e. The third kappa shape index (κ3) is 4.72. The molecule has 0 aliphatic rings. The Morgan fingerprint density at radius 1 is 1.08 bits per heavy atom. The molecule has 1 amide bonds. The van der Waals surface area contributed by atoms with Crippen LogP contribution in [-0.4, -0.2) is 31.1 Å². The molecule has 0 radical (unpaired) electrons. The molecule has 0 bridgehead atoms. The maximum atomic E-state index is 12.9. The first-order chi connectivity index (χ1) is 11.5. The Balaban J connectivity index is 1.99. The molecule has 0 saturated heterocycles. The highest BCUT2D eigenvalue weighted by atomic mass is 19.1. The summed E-state index contributed by atoms with van der Waals surface area (Å²) in [4.78, 5) is 14.2. The van der Waals surface area contributed by atoms with Gasteiger partial charge in [-0.05, 0) is 48.4 Å². The second-order valence-electron chi connectivity index (χ2n) is 5.51. The average Bonchev–Trinajstić information content (AvgIpc) is 2.61. The number of nitrogens with zero attached hydrogens (tertiary/aromatic N) is 1. The molecule has 24 heavy (non-hydrogen) atoms. The van der Waals surface area contributed by atoms with Crippen LogP contribution < -0.4 is 9.47 Å². The maximum Gasteiger partial charge on any atom is 0.263 e. The molecular weight excluding hydrogens is 309 g/mol. The number of carbonyl (C=O) groups excluding carboxylic acids is 1. The van der Waals surface area contributed by atoms with E-state index >= 15 is 0 Å². The van der Waals surface area contributed by atoms with Crippen LogP contribution in [0.4, 0.5) is 4.39 Å². The summed E-state index contributed by atoms with van der Waals surface area (Å²) in [5.41, 5.74) is 1.00. The van der Waals surface area contributed by atoms with Gasteiger partial charge in [0, 0.05) is 13.6 Å². The van der Waals surface area contributed by atoms with Crippen molar-refractivity contribution in [3.63, 3.8) is 0 Å². The zero-order chi connectivity index (χ0) is 17.5. The molecule has 5 heteroatoms. The number of methoxy groups -OCH3 is 1. The Morgan fingerprint density at radius 3 is 2.21 bits per heavy atom. The van der Waals surface area contributed by atoms with Crippen molar-refractivity contribution in [2.24, 2.45) is 0 Å². The van der Waals surface area contributed by atoms with Crippen LogP contribution in [0.1, 0.15) is 18.9 Å². The molecule has 0 aliphatic carbocycles. The standard InChI is InChI=1S/C19H22FNO3/c1-4-18(24-17-11-7-15(20)8-12-17)19(22)21(2)13-14-5-9-16(23-3)10-6-14/h5-12,18H,4,13H2,1-3H3/t18-/m0/s1. The topological polar surface area (TPSA) is 38.8 Å². The lowest BCUT2D eigenvalue weighted by atomic mass is 10.2. The number of hydrogen-bond acceptors (Lipinski definition) is 3. The van der Waals surface area contributed by atoms with Crippen LogP contribution in [0.2, 0.25) is 0 Å². The predicted octanol–water partition coefficient (Wildman–Crippen LogP) is 3.65. The van der Waals surface area contributed by atoms with E-state index in [-0.39, 0.29) is 11.7 Å². The van der Waals surface area contributed by atoms with E-state index in [4.69, 9.17) is 9.47 Å². The molecule has 1 atom stereocenters. The van der Waals surface area contributed by atoms with Crippen LogP contribution in [0.3, 0.4) is 0 Å². The molecule has 2 rings (SSSR count). The lowest BCUT2D eigenvalue weighted by molar-refractivity contribution is -0.138. The van der Waals surface area contributed by atoms with Gasteiger partial charge in [-0.15, -0.1) is 0 Å². The molecule has 0 aromatic heterocycles. The van der Waals surface area contributed by atoms with Gasteiger partial charge in [0.1, 0.15) is 17.3 Å². The van der Waals surface area contributed by atoms with Crippen LogP contribution in [-0.2, 0) is 11.3 Å². The lowest BCUT2D eigenvalue weighted by Gasteiger charge is -2.24. The second-order valence-corrected chi connectivity index (χ2v) is 5.51. The van der Waals surface area contributed by atoms with Crippen LogP contribution >= 0.6 is 0 Å². The summed E-state index contributed by atoms with van der Waals surface area (Å²) in [7, 11) is 3.35. The van der Waals surface area contributed by atoms with E-state index in [1.54, 1.807) is 19.1 Å². The largest absolute Gasteiger partial charge is 0.497 e. The minimum Gasteiger partial charge on any atom is -0.497 e. The first kappa shape index (κ1) is 17.8. The van der Waals surface area contributed by atoms with Gasteiger partial charge < -0.3 is 14.4 Å². The van der Waals surface area contributed by atoms with Crippen molar-refractivity contribution < 1.29 is 18.7 Å². The molecule has 0 aliphatic heterocycles. The van der Waals surface area contributed by atoms with E-state index in [0.29, 0.717) is 18.7 Å². The fourth-order valence-corrected chi connectivity index (χ4v) is 2.31. The molecule has 0 heterocycles. The molecule has 0 fully saturated rings. The van der Waals surface area contributed by atoms with E-state index in [9.17, 15) is 9.18 Å². The number of likely N-dealkylation sites (N-methyl/N-ethyl adjacent to an activating group) is 1. The molecule has 4 nitrogen and oxygen atoms in total. The van der Waals surface area contributed by atoms with Gasteiger partial charge in [0.15, 0.2) is 6.10 Å². The van der Waals surface area contributed by atoms with E-state index < -0.39 is 6.10 Å². The minimum atomic E-state index is -0.598. The number of halogens is 1. The van der Waals surface area contributed by atoms with Crippen molar-refractivity contribution in [2.75, 3.05) is 14.2 Å². The van der Waals surface area contributed by atoms with Gasteiger partial charge in [-0.1, -0.05) is 19.1 Å². The normalized spacial score (nSPS) is 11.7. The Bertz CT molecular complexity index is 655. The molecule has 0 spiro atoms. The lowest BCUT2D eigenvalue weighted by Crippen LogP contribution is -2.39. The van der Waals surface area contributed by atoms with Crippen molar-refractivity contribution in [3.05, 3.63) is 59.9 Å². The number of hydrogen-bond donors (Lipinski definition) is 0. The van der Waals surface area contributed by atoms with Gasteiger partial charge in [0.05, 0.1) is 7.11 Å². The highest BCUT2D eigenvalue weighted by molar-refractivity contribution is 5.81. The zero-order valence-corrected chi connectivity index (χ0v) is 14.2.